The zero-order chi connectivity index (χ0) is 12.1. The number of nitrogens with two attached hydrogens (primary N) is 1. The lowest BCUT2D eigenvalue weighted by Gasteiger charge is -2.42. The minimum absolute atomic E-state index is 0.0395. The van der Waals surface area contributed by atoms with Crippen LogP contribution in [-0.4, -0.2) is 51.3 Å². The predicted molar refractivity (Wildman–Crippen MR) is 56.7 cm³/mol. The Morgan fingerprint density at radius 3 is 2.56 bits per heavy atom. The second kappa shape index (κ2) is 3.58. The van der Waals surface area contributed by atoms with Crippen molar-refractivity contribution in [1.82, 2.24) is 0 Å². The molecule has 1 fully saturated rings. The molecule has 2 rings (SSSR count). The summed E-state index contributed by atoms with van der Waals surface area (Å²) in [5, 5.41) is 29.7. The van der Waals surface area contributed by atoms with E-state index < -0.39 is 29.8 Å². The van der Waals surface area contributed by atoms with Crippen molar-refractivity contribution in [3.05, 3.63) is 0 Å². The van der Waals surface area contributed by atoms with Gasteiger partial charge >= 0.3 is 0 Å². The van der Waals surface area contributed by atoms with Crippen LogP contribution in [0.25, 0.3) is 0 Å². The topological polar surface area (TPSA) is 108 Å². The van der Waals surface area contributed by atoms with E-state index >= 15 is 0 Å². The zero-order valence-electron chi connectivity index (χ0n) is 9.37. The quantitative estimate of drug-likeness (QED) is 0.442. The molecule has 6 nitrogen and oxygen atoms in total. The highest BCUT2D eigenvalue weighted by Crippen LogP contribution is 2.37. The van der Waals surface area contributed by atoms with Crippen LogP contribution >= 0.6 is 0 Å². The van der Waals surface area contributed by atoms with Crippen LogP contribution in [0, 0.1) is 5.92 Å². The molecule has 1 heterocycles. The number of ether oxygens (including phenoxy) is 1. The lowest BCUT2D eigenvalue weighted by Crippen LogP contribution is -2.57. The molecule has 0 aromatic rings. The maximum absolute atomic E-state index is 9.93. The van der Waals surface area contributed by atoms with Crippen LogP contribution in [0.3, 0.4) is 0 Å². The van der Waals surface area contributed by atoms with Crippen LogP contribution in [-0.2, 0) is 4.74 Å². The Bertz CT molecular complexity index is 312. The number of nitrogens with zero attached hydrogens (tertiary/aromatic N) is 1. The van der Waals surface area contributed by atoms with Crippen LogP contribution in [0.1, 0.15) is 20.3 Å². The molecule has 2 aliphatic rings. The van der Waals surface area contributed by atoms with Gasteiger partial charge in [0.15, 0.2) is 0 Å². The zero-order valence-corrected chi connectivity index (χ0v) is 9.37. The van der Waals surface area contributed by atoms with Gasteiger partial charge in [-0.2, -0.15) is 0 Å². The van der Waals surface area contributed by atoms with Crippen molar-refractivity contribution in [3.8, 4) is 0 Å². The molecule has 0 saturated heterocycles. The highest BCUT2D eigenvalue weighted by atomic mass is 16.5. The van der Waals surface area contributed by atoms with Crippen LogP contribution in [0.2, 0.25) is 0 Å². The van der Waals surface area contributed by atoms with Crippen molar-refractivity contribution in [1.29, 1.82) is 0 Å². The van der Waals surface area contributed by atoms with Crippen molar-refractivity contribution in [2.45, 2.75) is 50.2 Å². The van der Waals surface area contributed by atoms with Gasteiger partial charge in [-0.15, -0.1) is 0 Å². The average Bonchev–Trinajstić information content (AvgIpc) is 2.51. The first kappa shape index (κ1) is 11.6. The molecule has 5 N–H and O–H groups in total. The van der Waals surface area contributed by atoms with Gasteiger partial charge in [-0.3, -0.25) is 0 Å². The molecule has 0 aromatic carbocycles. The monoisotopic (exact) mass is 230 g/mol. The van der Waals surface area contributed by atoms with Crippen molar-refractivity contribution in [3.63, 3.8) is 0 Å². The summed E-state index contributed by atoms with van der Waals surface area (Å²) in [6.07, 6.45) is -1.98. The Labute approximate surface area is 93.7 Å². The molecule has 0 amide bonds. The summed E-state index contributed by atoms with van der Waals surface area (Å²) >= 11 is 0. The van der Waals surface area contributed by atoms with E-state index in [4.69, 9.17) is 10.5 Å². The van der Waals surface area contributed by atoms with Gasteiger partial charge in [0.05, 0.1) is 11.7 Å². The minimum Gasteiger partial charge on any atom is -0.460 e. The van der Waals surface area contributed by atoms with E-state index in [1.54, 1.807) is 13.8 Å². The molecular weight excluding hydrogens is 212 g/mol. The third kappa shape index (κ3) is 1.77. The van der Waals surface area contributed by atoms with Crippen molar-refractivity contribution < 1.29 is 20.1 Å². The lowest BCUT2D eigenvalue weighted by molar-refractivity contribution is -0.139. The largest absolute Gasteiger partial charge is 0.460 e. The van der Waals surface area contributed by atoms with Gasteiger partial charge in [-0.05, 0) is 20.3 Å². The van der Waals surface area contributed by atoms with E-state index in [1.807, 2.05) is 0 Å². The van der Waals surface area contributed by atoms with Crippen LogP contribution in [0.5, 0.6) is 0 Å². The Hall–Kier alpha value is -0.850. The fourth-order valence-electron chi connectivity index (χ4n) is 2.51. The van der Waals surface area contributed by atoms with E-state index in [2.05, 4.69) is 4.99 Å². The van der Waals surface area contributed by atoms with Crippen molar-refractivity contribution in [2.24, 2.45) is 16.6 Å². The van der Waals surface area contributed by atoms with Crippen molar-refractivity contribution >= 4 is 6.02 Å². The molecule has 0 bridgehead atoms. The van der Waals surface area contributed by atoms with Gasteiger partial charge in [0.2, 0.25) is 0 Å². The number of rotatable bonds is 1. The molecule has 5 unspecified atom stereocenters. The number of amidine groups is 1. The number of aliphatic hydroxyl groups excluding tert-OH is 2. The standard InChI is InChI=1S/C10H18N2O4/c1-10(2,15)4-3-5-6(8(14)7(4)13)12-9(11)16-5/h4-8,13-15H,3H2,1-2H3,(H2,11,12). The summed E-state index contributed by atoms with van der Waals surface area (Å²) in [5.74, 6) is -0.454. The number of hydrogen-bond acceptors (Lipinski definition) is 6. The molecule has 5 atom stereocenters. The number of aliphatic hydroxyl groups is 3. The average molecular weight is 230 g/mol. The summed E-state index contributed by atoms with van der Waals surface area (Å²) in [6.45, 7) is 3.21. The third-order valence-electron chi connectivity index (χ3n) is 3.44. The highest BCUT2D eigenvalue weighted by Gasteiger charge is 2.51. The Balaban J connectivity index is 2.20. The smallest absolute Gasteiger partial charge is 0.282 e. The summed E-state index contributed by atoms with van der Waals surface area (Å²) < 4.78 is 5.25. The Morgan fingerprint density at radius 2 is 2.00 bits per heavy atom. The van der Waals surface area contributed by atoms with Crippen LogP contribution < -0.4 is 5.73 Å². The molecule has 1 aliphatic heterocycles. The van der Waals surface area contributed by atoms with E-state index in [-0.39, 0.29) is 12.1 Å². The first-order valence-electron chi connectivity index (χ1n) is 5.39. The molecule has 0 aromatic heterocycles. The van der Waals surface area contributed by atoms with Gasteiger partial charge in [0.1, 0.15) is 18.2 Å². The molecule has 16 heavy (non-hydrogen) atoms. The van der Waals surface area contributed by atoms with Gasteiger partial charge < -0.3 is 25.8 Å². The van der Waals surface area contributed by atoms with E-state index in [0.717, 1.165) is 0 Å². The molecular formula is C10H18N2O4. The summed E-state index contributed by atoms with van der Waals surface area (Å²) in [7, 11) is 0. The van der Waals surface area contributed by atoms with Gasteiger partial charge in [0, 0.05) is 5.92 Å². The van der Waals surface area contributed by atoms with Crippen molar-refractivity contribution in [2.75, 3.05) is 0 Å². The predicted octanol–water partition coefficient (Wildman–Crippen LogP) is -1.42. The Kier molecular flexibility index (Phi) is 2.60. The van der Waals surface area contributed by atoms with E-state index in [0.29, 0.717) is 6.42 Å². The number of hydrogen-bond donors (Lipinski definition) is 4. The normalized spacial score (nSPS) is 43.6. The second-order valence-electron chi connectivity index (χ2n) is 5.09. The van der Waals surface area contributed by atoms with Crippen LogP contribution in [0.4, 0.5) is 0 Å². The molecule has 1 saturated carbocycles. The molecule has 6 heteroatoms. The van der Waals surface area contributed by atoms with E-state index in [1.165, 1.54) is 0 Å². The maximum Gasteiger partial charge on any atom is 0.282 e. The second-order valence-corrected chi connectivity index (χ2v) is 5.09. The SMILES string of the molecule is CC(C)(O)C1CC2OC(N)=NC2C(O)C1O. The van der Waals surface area contributed by atoms with Gasteiger partial charge in [-0.25, -0.2) is 4.99 Å². The molecule has 1 aliphatic carbocycles. The fourth-order valence-corrected chi connectivity index (χ4v) is 2.51. The first-order chi connectivity index (χ1) is 7.30. The summed E-state index contributed by atoms with van der Waals surface area (Å²) in [5.41, 5.74) is 4.35. The molecule has 0 radical (unpaired) electrons. The minimum atomic E-state index is -1.08. The first-order valence-corrected chi connectivity index (χ1v) is 5.39. The summed E-state index contributed by atoms with van der Waals surface area (Å²) in [4.78, 5) is 3.94. The van der Waals surface area contributed by atoms with E-state index in [9.17, 15) is 15.3 Å². The molecule has 92 valence electrons. The lowest BCUT2D eigenvalue weighted by atomic mass is 9.72. The van der Waals surface area contributed by atoms with Gasteiger partial charge in [-0.1, -0.05) is 0 Å². The van der Waals surface area contributed by atoms with Gasteiger partial charge in [0.25, 0.3) is 6.02 Å². The number of aliphatic imine (C=N–C) groups is 1. The summed E-state index contributed by atoms with van der Waals surface area (Å²) in [6, 6.07) is -0.480. The molecule has 0 spiro atoms. The highest BCUT2D eigenvalue weighted by molar-refractivity contribution is 5.73. The number of fused-ring (bicyclic) bond motifs is 1. The van der Waals surface area contributed by atoms with Crippen LogP contribution in [0.15, 0.2) is 4.99 Å². The third-order valence-corrected chi connectivity index (χ3v) is 3.44. The fraction of sp³-hybridized carbons (Fsp3) is 0.900. The Morgan fingerprint density at radius 1 is 1.38 bits per heavy atom. The maximum atomic E-state index is 9.93.